The Bertz CT molecular complexity index is 1310. The van der Waals surface area contributed by atoms with E-state index in [1.54, 1.807) is 25.1 Å². The molecule has 4 aromatic rings. The lowest BCUT2D eigenvalue weighted by atomic mass is 10.1. The van der Waals surface area contributed by atoms with Gasteiger partial charge in [0.2, 0.25) is 0 Å². The minimum absolute atomic E-state index is 0.00176. The topological polar surface area (TPSA) is 109 Å². The number of phenolic OH excluding ortho intramolecular Hbond substituents is 1. The fraction of sp³-hybridized carbons (Fsp3) is 0.136. The highest BCUT2D eigenvalue weighted by Crippen LogP contribution is 2.47. The van der Waals surface area contributed by atoms with Crippen LogP contribution in [0.3, 0.4) is 0 Å². The number of ether oxygens (including phenoxy) is 2. The van der Waals surface area contributed by atoms with Gasteiger partial charge in [0.15, 0.2) is 23.1 Å². The maximum absolute atomic E-state index is 13.7. The number of hydrazone groups is 1. The predicted octanol–water partition coefficient (Wildman–Crippen LogP) is 4.76. The summed E-state index contributed by atoms with van der Waals surface area (Å²) in [5.41, 5.74) is 4.37. The molecular formula is C22H19FN4O4S. The molecule has 2 aromatic heterocycles. The number of halogens is 1. The average molecular weight is 454 g/mol. The quantitative estimate of drug-likeness (QED) is 0.273. The summed E-state index contributed by atoms with van der Waals surface area (Å²) < 4.78 is 24.8. The molecule has 0 spiro atoms. The molecule has 0 atom stereocenters. The molecule has 0 amide bonds. The van der Waals surface area contributed by atoms with Crippen LogP contribution >= 0.6 is 11.3 Å². The van der Waals surface area contributed by atoms with Gasteiger partial charge in [0.25, 0.3) is 0 Å². The van der Waals surface area contributed by atoms with Crippen molar-refractivity contribution in [3.05, 3.63) is 54.1 Å². The molecule has 10 heteroatoms. The fourth-order valence-corrected chi connectivity index (χ4v) is 4.19. The Kier molecular flexibility index (Phi) is 6.04. The average Bonchev–Trinajstić information content (AvgIpc) is 3.12. The van der Waals surface area contributed by atoms with Gasteiger partial charge in [-0.2, -0.15) is 5.10 Å². The zero-order valence-corrected chi connectivity index (χ0v) is 18.0. The molecule has 4 rings (SSSR count). The number of methoxy groups -OCH3 is 1. The molecule has 2 heterocycles. The van der Waals surface area contributed by atoms with Crippen molar-refractivity contribution in [3.63, 3.8) is 0 Å². The predicted molar refractivity (Wildman–Crippen MR) is 122 cm³/mol. The lowest BCUT2D eigenvalue weighted by Crippen LogP contribution is -1.94. The SMILES string of the molecule is CCOc1cc(F)ccc1-c1sc2c(NN=Cc3ccc(OC)c(O)c3)ncnc2c1O. The van der Waals surface area contributed by atoms with Crippen LogP contribution in [0.2, 0.25) is 0 Å². The molecule has 3 N–H and O–H groups in total. The van der Waals surface area contributed by atoms with Crippen LogP contribution < -0.4 is 14.9 Å². The largest absolute Gasteiger partial charge is 0.504 e. The Morgan fingerprint density at radius 1 is 1.16 bits per heavy atom. The van der Waals surface area contributed by atoms with Crippen molar-refractivity contribution in [1.82, 2.24) is 9.97 Å². The second-order valence-corrected chi connectivity index (χ2v) is 7.58. The van der Waals surface area contributed by atoms with Crippen LogP contribution in [0, 0.1) is 5.82 Å². The van der Waals surface area contributed by atoms with Crippen LogP contribution in [-0.2, 0) is 0 Å². The second kappa shape index (κ2) is 9.06. The van der Waals surface area contributed by atoms with E-state index in [0.29, 0.717) is 50.1 Å². The highest BCUT2D eigenvalue weighted by atomic mass is 32.1. The molecular weight excluding hydrogens is 435 g/mol. The van der Waals surface area contributed by atoms with Crippen LogP contribution in [-0.4, -0.2) is 40.1 Å². The van der Waals surface area contributed by atoms with Gasteiger partial charge in [0.1, 0.15) is 28.1 Å². The van der Waals surface area contributed by atoms with Gasteiger partial charge in [-0.05, 0) is 42.8 Å². The van der Waals surface area contributed by atoms with Gasteiger partial charge in [0, 0.05) is 11.6 Å². The molecule has 0 fully saturated rings. The lowest BCUT2D eigenvalue weighted by molar-refractivity contribution is 0.339. The fourth-order valence-electron chi connectivity index (χ4n) is 3.07. The summed E-state index contributed by atoms with van der Waals surface area (Å²) in [7, 11) is 1.47. The number of rotatable bonds is 7. The molecule has 0 saturated carbocycles. The molecule has 8 nitrogen and oxygen atoms in total. The van der Waals surface area contributed by atoms with Crippen molar-refractivity contribution < 1.29 is 24.1 Å². The van der Waals surface area contributed by atoms with Crippen molar-refractivity contribution >= 4 is 33.6 Å². The van der Waals surface area contributed by atoms with Gasteiger partial charge in [0.05, 0.1) is 24.8 Å². The monoisotopic (exact) mass is 454 g/mol. The Hall–Kier alpha value is -3.92. The molecule has 0 saturated heterocycles. The Morgan fingerprint density at radius 3 is 2.75 bits per heavy atom. The zero-order chi connectivity index (χ0) is 22.7. The van der Waals surface area contributed by atoms with E-state index in [1.807, 2.05) is 0 Å². The number of phenols is 1. The van der Waals surface area contributed by atoms with E-state index in [9.17, 15) is 14.6 Å². The number of fused-ring (bicyclic) bond motifs is 1. The van der Waals surface area contributed by atoms with Gasteiger partial charge >= 0.3 is 0 Å². The highest BCUT2D eigenvalue weighted by Gasteiger charge is 2.20. The number of aromatic hydroxyl groups is 2. The molecule has 32 heavy (non-hydrogen) atoms. The van der Waals surface area contributed by atoms with Crippen molar-refractivity contribution in [1.29, 1.82) is 0 Å². The van der Waals surface area contributed by atoms with Crippen molar-refractivity contribution in [2.75, 3.05) is 19.1 Å². The van der Waals surface area contributed by atoms with E-state index in [4.69, 9.17) is 9.47 Å². The molecule has 0 aliphatic rings. The van der Waals surface area contributed by atoms with E-state index < -0.39 is 5.82 Å². The van der Waals surface area contributed by atoms with Gasteiger partial charge < -0.3 is 19.7 Å². The van der Waals surface area contributed by atoms with E-state index in [2.05, 4.69) is 20.5 Å². The van der Waals surface area contributed by atoms with Gasteiger partial charge in [-0.25, -0.2) is 14.4 Å². The van der Waals surface area contributed by atoms with Gasteiger partial charge in [-0.15, -0.1) is 11.3 Å². The van der Waals surface area contributed by atoms with Crippen LogP contribution in [0.15, 0.2) is 47.8 Å². The number of hydrogen-bond donors (Lipinski definition) is 3. The van der Waals surface area contributed by atoms with Gasteiger partial charge in [-0.1, -0.05) is 0 Å². The summed E-state index contributed by atoms with van der Waals surface area (Å²) in [6.45, 7) is 2.15. The van der Waals surface area contributed by atoms with Crippen molar-refractivity contribution in [2.24, 2.45) is 5.10 Å². The molecule has 0 aliphatic heterocycles. The summed E-state index contributed by atoms with van der Waals surface area (Å²) in [6, 6.07) is 9.02. The molecule has 0 bridgehead atoms. The summed E-state index contributed by atoms with van der Waals surface area (Å²) in [4.78, 5) is 8.86. The van der Waals surface area contributed by atoms with E-state index in [-0.39, 0.29) is 11.5 Å². The summed E-state index contributed by atoms with van der Waals surface area (Å²) >= 11 is 1.23. The van der Waals surface area contributed by atoms with E-state index >= 15 is 0 Å². The molecule has 0 unspecified atom stereocenters. The first-order valence-electron chi connectivity index (χ1n) is 9.57. The smallest absolute Gasteiger partial charge is 0.167 e. The summed E-state index contributed by atoms with van der Waals surface area (Å²) in [5, 5.41) is 24.8. The zero-order valence-electron chi connectivity index (χ0n) is 17.2. The molecule has 0 radical (unpaired) electrons. The molecule has 2 aromatic carbocycles. The number of hydrogen-bond acceptors (Lipinski definition) is 9. The number of nitrogens with zero attached hydrogens (tertiary/aromatic N) is 3. The first kappa shape index (κ1) is 21.3. The first-order chi connectivity index (χ1) is 15.5. The lowest BCUT2D eigenvalue weighted by Gasteiger charge is -2.09. The Balaban J connectivity index is 1.67. The number of aromatic nitrogens is 2. The third-order valence-electron chi connectivity index (χ3n) is 4.52. The third-order valence-corrected chi connectivity index (χ3v) is 5.73. The summed E-state index contributed by atoms with van der Waals surface area (Å²) in [6.07, 6.45) is 2.82. The van der Waals surface area contributed by atoms with E-state index in [0.717, 1.165) is 0 Å². The van der Waals surface area contributed by atoms with Crippen molar-refractivity contribution in [2.45, 2.75) is 6.92 Å². The maximum Gasteiger partial charge on any atom is 0.167 e. The number of anilines is 1. The minimum Gasteiger partial charge on any atom is -0.504 e. The maximum atomic E-state index is 13.7. The standard InChI is InChI=1S/C22H19FN4O4S/c1-3-31-17-9-13(23)5-6-14(17)20-19(29)18-21(32-20)22(25-11-24-18)27-26-10-12-4-7-16(30-2)15(28)8-12/h4-11,28-29H,3H2,1-2H3,(H,24,25,27). The summed E-state index contributed by atoms with van der Waals surface area (Å²) in [5.74, 6) is 0.593. The Morgan fingerprint density at radius 2 is 2.00 bits per heavy atom. The van der Waals surface area contributed by atoms with E-state index in [1.165, 1.54) is 49.2 Å². The van der Waals surface area contributed by atoms with Crippen LogP contribution in [0.1, 0.15) is 12.5 Å². The number of thiophene rings is 1. The highest BCUT2D eigenvalue weighted by molar-refractivity contribution is 7.23. The number of benzene rings is 2. The molecule has 164 valence electrons. The Labute approximate surface area is 186 Å². The number of nitrogens with one attached hydrogen (secondary N) is 1. The van der Waals surface area contributed by atoms with Crippen LogP contribution in [0.4, 0.5) is 10.2 Å². The van der Waals surface area contributed by atoms with Crippen molar-refractivity contribution in [3.8, 4) is 33.4 Å². The van der Waals surface area contributed by atoms with Crippen LogP contribution in [0.5, 0.6) is 23.0 Å². The minimum atomic E-state index is -0.432. The van der Waals surface area contributed by atoms with Crippen LogP contribution in [0.25, 0.3) is 20.7 Å². The molecule has 0 aliphatic carbocycles. The van der Waals surface area contributed by atoms with Gasteiger partial charge in [-0.3, -0.25) is 5.43 Å². The third kappa shape index (κ3) is 4.12. The second-order valence-electron chi connectivity index (χ2n) is 6.55. The normalized spacial score (nSPS) is 11.2. The first-order valence-corrected chi connectivity index (χ1v) is 10.4.